The van der Waals surface area contributed by atoms with Gasteiger partial charge in [0.2, 0.25) is 5.91 Å². The van der Waals surface area contributed by atoms with Gasteiger partial charge in [0.25, 0.3) is 5.56 Å². The van der Waals surface area contributed by atoms with Crippen molar-refractivity contribution in [1.82, 2.24) is 9.47 Å². The highest BCUT2D eigenvalue weighted by Gasteiger charge is 2.13. The Labute approximate surface area is 197 Å². The SMILES string of the molecule is CCOC(=O)C=c1sc(=Cc2ccc(-c3cc(Cl)ccc3Cl)o2)c(=O)n1CC(=O)N(C)C. The van der Waals surface area contributed by atoms with Crippen LogP contribution in [0.3, 0.4) is 0 Å². The molecule has 168 valence electrons. The number of carbonyl (C=O) groups is 2. The molecule has 0 spiro atoms. The number of aromatic nitrogens is 1. The molecule has 0 fully saturated rings. The van der Waals surface area contributed by atoms with E-state index in [0.29, 0.717) is 36.3 Å². The minimum Gasteiger partial charge on any atom is -0.463 e. The molecule has 0 aliphatic rings. The van der Waals surface area contributed by atoms with Crippen LogP contribution in [-0.2, 0) is 20.9 Å². The zero-order chi connectivity index (χ0) is 23.4. The average Bonchev–Trinajstić information content (AvgIpc) is 3.30. The number of likely N-dealkylation sites (N-methyl/N-ethyl adjacent to an activating group) is 1. The number of thiazole rings is 1. The molecule has 2 aromatic heterocycles. The van der Waals surface area contributed by atoms with E-state index in [2.05, 4.69) is 0 Å². The van der Waals surface area contributed by atoms with E-state index >= 15 is 0 Å². The first-order chi connectivity index (χ1) is 15.2. The van der Waals surface area contributed by atoms with Gasteiger partial charge in [-0.25, -0.2) is 4.79 Å². The third-order valence-corrected chi connectivity index (χ3v) is 5.98. The average molecular weight is 495 g/mol. The first-order valence-corrected chi connectivity index (χ1v) is 11.1. The van der Waals surface area contributed by atoms with Crippen LogP contribution in [0.25, 0.3) is 23.5 Å². The number of carbonyl (C=O) groups excluding carboxylic acids is 2. The fraction of sp³-hybridized carbons (Fsp3) is 0.227. The molecule has 0 saturated carbocycles. The number of furan rings is 1. The van der Waals surface area contributed by atoms with Crippen molar-refractivity contribution in [3.05, 3.63) is 65.7 Å². The Bertz CT molecular complexity index is 1340. The lowest BCUT2D eigenvalue weighted by Gasteiger charge is -2.10. The van der Waals surface area contributed by atoms with Crippen LogP contribution >= 0.6 is 34.5 Å². The molecule has 10 heteroatoms. The standard InChI is InChI=1S/C22H20Cl2N2O5S/c1-4-30-21(28)11-20-26(12-19(27)25(2)3)22(29)18(32-20)10-14-6-8-17(31-14)15-9-13(23)5-7-16(15)24/h5-11H,4,12H2,1-3H3. The van der Waals surface area contributed by atoms with Crippen LogP contribution in [0.2, 0.25) is 10.0 Å². The van der Waals surface area contributed by atoms with Crippen molar-refractivity contribution in [2.75, 3.05) is 20.7 Å². The number of ether oxygens (including phenoxy) is 1. The number of rotatable bonds is 6. The Kier molecular flexibility index (Phi) is 7.60. The fourth-order valence-electron chi connectivity index (χ4n) is 2.74. The van der Waals surface area contributed by atoms with Gasteiger partial charge in [0.15, 0.2) is 0 Å². The van der Waals surface area contributed by atoms with E-state index < -0.39 is 11.5 Å². The molecule has 0 aliphatic heterocycles. The lowest BCUT2D eigenvalue weighted by molar-refractivity contribution is -0.135. The van der Waals surface area contributed by atoms with Gasteiger partial charge in [0.05, 0.1) is 22.2 Å². The van der Waals surface area contributed by atoms with Crippen molar-refractivity contribution in [2.24, 2.45) is 0 Å². The van der Waals surface area contributed by atoms with E-state index in [1.807, 2.05) is 0 Å². The zero-order valence-electron chi connectivity index (χ0n) is 17.6. The molecule has 0 unspecified atom stereocenters. The van der Waals surface area contributed by atoms with Gasteiger partial charge < -0.3 is 14.1 Å². The van der Waals surface area contributed by atoms with E-state index in [-0.39, 0.29) is 19.1 Å². The molecule has 7 nitrogen and oxygen atoms in total. The Balaban J connectivity index is 2.08. The van der Waals surface area contributed by atoms with Gasteiger partial charge in [-0.2, -0.15) is 0 Å². The molecule has 32 heavy (non-hydrogen) atoms. The highest BCUT2D eigenvalue weighted by Crippen LogP contribution is 2.31. The summed E-state index contributed by atoms with van der Waals surface area (Å²) in [4.78, 5) is 38.5. The summed E-state index contributed by atoms with van der Waals surface area (Å²) in [6.07, 6.45) is 2.75. The number of halogens is 2. The summed E-state index contributed by atoms with van der Waals surface area (Å²) in [7, 11) is 3.18. The first-order valence-electron chi connectivity index (χ1n) is 9.55. The predicted octanol–water partition coefficient (Wildman–Crippen LogP) is 2.74. The second-order valence-electron chi connectivity index (χ2n) is 6.85. The van der Waals surface area contributed by atoms with Crippen LogP contribution in [0.15, 0.2) is 39.5 Å². The summed E-state index contributed by atoms with van der Waals surface area (Å²) in [5.41, 5.74) is 0.204. The summed E-state index contributed by atoms with van der Waals surface area (Å²) in [6, 6.07) is 8.44. The highest BCUT2D eigenvalue weighted by atomic mass is 35.5. The van der Waals surface area contributed by atoms with Crippen molar-refractivity contribution in [3.63, 3.8) is 0 Å². The van der Waals surface area contributed by atoms with E-state index in [4.69, 9.17) is 32.4 Å². The van der Waals surface area contributed by atoms with Gasteiger partial charge in [0.1, 0.15) is 22.7 Å². The van der Waals surface area contributed by atoms with Gasteiger partial charge in [-0.3, -0.25) is 14.2 Å². The lowest BCUT2D eigenvalue weighted by Crippen LogP contribution is -2.38. The van der Waals surface area contributed by atoms with Crippen molar-refractivity contribution < 1.29 is 18.7 Å². The van der Waals surface area contributed by atoms with Gasteiger partial charge in [-0.15, -0.1) is 11.3 Å². The number of esters is 1. The van der Waals surface area contributed by atoms with Crippen LogP contribution in [0.4, 0.5) is 0 Å². The van der Waals surface area contributed by atoms with Crippen molar-refractivity contribution in [3.8, 4) is 11.3 Å². The third-order valence-electron chi connectivity index (χ3n) is 4.35. The molecular formula is C22H20Cl2N2O5S. The number of hydrogen-bond acceptors (Lipinski definition) is 6. The quantitative estimate of drug-likeness (QED) is 0.492. The first kappa shape index (κ1) is 23.8. The molecule has 3 aromatic rings. The Morgan fingerprint density at radius 3 is 2.66 bits per heavy atom. The maximum absolute atomic E-state index is 13.0. The second-order valence-corrected chi connectivity index (χ2v) is 8.76. The minimum atomic E-state index is -0.595. The summed E-state index contributed by atoms with van der Waals surface area (Å²) in [5, 5.41) is 0.986. The molecule has 0 radical (unpaired) electrons. The normalized spacial score (nSPS) is 12.3. The predicted molar refractivity (Wildman–Crippen MR) is 125 cm³/mol. The van der Waals surface area contributed by atoms with Crippen LogP contribution < -0.4 is 14.8 Å². The number of benzene rings is 1. The van der Waals surface area contributed by atoms with Crippen LogP contribution in [0.5, 0.6) is 0 Å². The molecule has 0 bridgehead atoms. The van der Waals surface area contributed by atoms with E-state index in [1.165, 1.54) is 15.5 Å². The molecule has 1 amide bonds. The molecule has 0 aliphatic carbocycles. The van der Waals surface area contributed by atoms with Gasteiger partial charge in [0, 0.05) is 30.8 Å². The number of amides is 1. The van der Waals surface area contributed by atoms with E-state index in [1.54, 1.807) is 57.4 Å². The number of nitrogens with zero attached hydrogens (tertiary/aromatic N) is 2. The molecule has 0 atom stereocenters. The molecular weight excluding hydrogens is 475 g/mol. The Hall–Kier alpha value is -2.81. The Morgan fingerprint density at radius 1 is 1.22 bits per heavy atom. The summed E-state index contributed by atoms with van der Waals surface area (Å²) in [6.45, 7) is 1.67. The van der Waals surface area contributed by atoms with Crippen molar-refractivity contribution >= 4 is 58.6 Å². The molecule has 1 aromatic carbocycles. The smallest absolute Gasteiger partial charge is 0.333 e. The maximum atomic E-state index is 13.0. The van der Waals surface area contributed by atoms with Crippen LogP contribution in [-0.4, -0.2) is 42.0 Å². The number of hydrogen-bond donors (Lipinski definition) is 0. The monoisotopic (exact) mass is 494 g/mol. The Morgan fingerprint density at radius 2 is 1.97 bits per heavy atom. The summed E-state index contributed by atoms with van der Waals surface area (Å²) < 4.78 is 12.6. The van der Waals surface area contributed by atoms with Crippen LogP contribution in [0.1, 0.15) is 12.7 Å². The molecule has 2 heterocycles. The van der Waals surface area contributed by atoms with Crippen molar-refractivity contribution in [2.45, 2.75) is 13.5 Å². The largest absolute Gasteiger partial charge is 0.463 e. The van der Waals surface area contributed by atoms with Gasteiger partial charge in [-0.1, -0.05) is 23.2 Å². The summed E-state index contributed by atoms with van der Waals surface area (Å²) >= 11 is 13.3. The van der Waals surface area contributed by atoms with Gasteiger partial charge in [-0.05, 0) is 37.3 Å². The molecule has 0 saturated heterocycles. The fourth-order valence-corrected chi connectivity index (χ4v) is 4.14. The lowest BCUT2D eigenvalue weighted by atomic mass is 10.2. The zero-order valence-corrected chi connectivity index (χ0v) is 19.9. The second kappa shape index (κ2) is 10.2. The van der Waals surface area contributed by atoms with Gasteiger partial charge >= 0.3 is 5.97 Å². The minimum absolute atomic E-state index is 0.196. The molecule has 3 rings (SSSR count). The van der Waals surface area contributed by atoms with E-state index in [0.717, 1.165) is 11.3 Å². The summed E-state index contributed by atoms with van der Waals surface area (Å²) in [5.74, 6) is 0.0120. The topological polar surface area (TPSA) is 81.7 Å². The van der Waals surface area contributed by atoms with Crippen molar-refractivity contribution in [1.29, 1.82) is 0 Å². The van der Waals surface area contributed by atoms with Crippen LogP contribution in [0, 0.1) is 0 Å². The highest BCUT2D eigenvalue weighted by molar-refractivity contribution is 7.07. The molecule has 0 N–H and O–H groups in total. The third kappa shape index (κ3) is 5.51. The van der Waals surface area contributed by atoms with E-state index in [9.17, 15) is 14.4 Å². The maximum Gasteiger partial charge on any atom is 0.333 e.